The molecule has 4 unspecified atom stereocenters. The SMILES string of the molecule is c1ccc(Sp2sp3sp2sp3Sc2ccccc2)cc1. The van der Waals surface area contributed by atoms with Gasteiger partial charge in [-0.3, -0.25) is 0 Å². The van der Waals surface area contributed by atoms with Crippen molar-refractivity contribution in [3.63, 3.8) is 0 Å². The Labute approximate surface area is 145 Å². The fourth-order valence-corrected chi connectivity index (χ4v) is 109. The maximum Gasteiger partial charge on any atom is 0.0626 e. The van der Waals surface area contributed by atoms with Gasteiger partial charge in [-0.25, -0.2) is 0 Å². The van der Waals surface area contributed by atoms with Gasteiger partial charge in [-0.05, 0) is 24.3 Å². The first-order valence-corrected chi connectivity index (χ1v) is 21.8. The molecule has 2 bridgehead atoms. The van der Waals surface area contributed by atoms with Crippen LogP contribution >= 0.6 is 76.3 Å². The van der Waals surface area contributed by atoms with Gasteiger partial charge in [0, 0.05) is 21.0 Å². The molecule has 4 atom stereocenters. The Bertz CT molecular complexity index is 781. The minimum atomic E-state index is 0.119. The topological polar surface area (TPSA) is 0 Å². The first-order valence-electron chi connectivity index (χ1n) is 6.09. The van der Waals surface area contributed by atoms with Crippen LogP contribution in [-0.4, -0.2) is 0 Å². The van der Waals surface area contributed by atoms with Gasteiger partial charge in [0.15, 0.2) is 0 Å². The van der Waals surface area contributed by atoms with E-state index in [1.54, 1.807) is 0 Å². The van der Waals surface area contributed by atoms with E-state index >= 15 is 0 Å². The van der Waals surface area contributed by atoms with Gasteiger partial charge in [0.05, 0.1) is 10.7 Å². The summed E-state index contributed by atoms with van der Waals surface area (Å²) in [6, 6.07) is 21.9. The average molecular weight is 438 g/mol. The van der Waals surface area contributed by atoms with Crippen LogP contribution < -0.4 is 0 Å². The van der Waals surface area contributed by atoms with Crippen molar-refractivity contribution in [2.45, 2.75) is 9.79 Å². The van der Waals surface area contributed by atoms with Crippen molar-refractivity contribution < 1.29 is 0 Å². The van der Waals surface area contributed by atoms with Gasteiger partial charge < -0.3 is 0 Å². The molecule has 0 amide bonds. The van der Waals surface area contributed by atoms with Crippen molar-refractivity contribution in [2.24, 2.45) is 0 Å². The van der Waals surface area contributed by atoms with Crippen molar-refractivity contribution >= 4 is 76.3 Å². The normalized spacial score (nSPS) is 14.7. The van der Waals surface area contributed by atoms with Crippen LogP contribution in [0.3, 0.4) is 0 Å². The smallest absolute Gasteiger partial charge is 0.0626 e. The summed E-state index contributed by atoms with van der Waals surface area (Å²) in [7, 11) is 7.07. The number of hydrogen-bond donors (Lipinski definition) is 0. The van der Waals surface area contributed by atoms with Crippen LogP contribution in [0.15, 0.2) is 70.5 Å². The molecule has 9 heteroatoms. The lowest BCUT2D eigenvalue weighted by Gasteiger charge is -2.01. The van der Waals surface area contributed by atoms with Crippen LogP contribution in [0.25, 0.3) is 0 Å². The third kappa shape index (κ3) is 3.74. The summed E-state index contributed by atoms with van der Waals surface area (Å²) < 4.78 is 0. The van der Waals surface area contributed by atoms with E-state index in [0.717, 1.165) is 0 Å². The number of benzene rings is 2. The van der Waals surface area contributed by atoms with Gasteiger partial charge in [0.2, 0.25) is 0 Å². The highest BCUT2D eigenvalue weighted by Crippen LogP contribution is 2.87. The Hall–Kier alpha value is 1.00. The lowest BCUT2D eigenvalue weighted by atomic mass is 10.4. The van der Waals surface area contributed by atoms with Crippen LogP contribution in [0.4, 0.5) is 0 Å². The summed E-state index contributed by atoms with van der Waals surface area (Å²) in [5, 5.41) is 0.339. The van der Waals surface area contributed by atoms with Crippen molar-refractivity contribution in [3.8, 4) is 0 Å². The largest absolute Gasteiger partial charge is 0.0707 e. The molecule has 2 heterocycles. The van der Waals surface area contributed by atoms with E-state index in [0.29, 0.717) is 0 Å². The van der Waals surface area contributed by atoms with E-state index in [-0.39, 0.29) is 21.9 Å². The molecule has 0 aliphatic rings. The van der Waals surface area contributed by atoms with Gasteiger partial charge in [-0.1, -0.05) is 90.8 Å². The molecular weight excluding hydrogens is 428 g/mol. The van der Waals surface area contributed by atoms with E-state index in [1.807, 2.05) is 0 Å². The second-order valence-electron chi connectivity index (χ2n) is 4.00. The summed E-state index contributed by atoms with van der Waals surface area (Å²) in [4.78, 5) is 2.92. The molecule has 0 radical (unpaired) electrons. The monoisotopic (exact) mass is 438 g/mol. The van der Waals surface area contributed by atoms with E-state index < -0.39 is 0 Å². The molecule has 0 N–H and O–H groups in total. The lowest BCUT2D eigenvalue weighted by Crippen LogP contribution is -1.61. The summed E-state index contributed by atoms with van der Waals surface area (Å²) in [5.41, 5.74) is 0.239. The van der Waals surface area contributed by atoms with Crippen LogP contribution in [-0.2, 0) is 0 Å². The van der Waals surface area contributed by atoms with Gasteiger partial charge >= 0.3 is 0 Å². The molecule has 21 heavy (non-hydrogen) atoms. The molecule has 4 rings (SSSR count). The Morgan fingerprint density at radius 2 is 1.00 bits per heavy atom. The standard InChI is InChI=1S/C12H10P4S5/c1-3-7-11(8-4-1)17-13-15-20-14(16(19-13)21-15)18-12-9-5-2-6-10-12/h1-10H. The van der Waals surface area contributed by atoms with Crippen LogP contribution in [0.5, 0.6) is 0 Å². The Balaban J connectivity index is 1.58. The molecule has 0 spiro atoms. The second kappa shape index (κ2) is 7.27. The van der Waals surface area contributed by atoms with E-state index in [4.69, 9.17) is 0 Å². The molecule has 0 fully saturated rings. The number of rotatable bonds is 4. The highest BCUT2D eigenvalue weighted by molar-refractivity contribution is 9.01. The van der Waals surface area contributed by atoms with Gasteiger partial charge in [0.25, 0.3) is 0 Å². The predicted molar refractivity (Wildman–Crippen MR) is 112 cm³/mol. The van der Waals surface area contributed by atoms with E-state index in [2.05, 4.69) is 115 Å². The molecule has 0 aliphatic carbocycles. The molecule has 0 aliphatic heterocycles. The van der Waals surface area contributed by atoms with Crippen LogP contribution in [0, 0.1) is 0 Å². The molecule has 0 saturated carbocycles. The molecule has 0 nitrogen and oxygen atoms in total. The predicted octanol–water partition coefficient (Wildman–Crippen LogP) is 9.80. The maximum atomic E-state index is 2.36. The molecule has 2 aromatic carbocycles. The molecule has 108 valence electrons. The zero-order valence-corrected chi connectivity index (χ0v) is 18.3. The highest BCUT2D eigenvalue weighted by atomic mass is 33.5. The molecule has 4 aromatic rings. The second-order valence-corrected chi connectivity index (χ2v) is 37.5. The Morgan fingerprint density at radius 3 is 1.38 bits per heavy atom. The summed E-state index contributed by atoms with van der Waals surface area (Å²) >= 11 is 4.31. The van der Waals surface area contributed by atoms with Crippen LogP contribution in [0.1, 0.15) is 0 Å². The zero-order chi connectivity index (χ0) is 14.1. The molecular formula is C12H10P4S5. The molecule has 0 saturated heterocycles. The molecule has 2 aromatic heterocycles. The summed E-state index contributed by atoms with van der Waals surface area (Å²) in [6.07, 6.45) is 0. The average Bonchev–Trinajstić information content (AvgIpc) is 3.09. The fraction of sp³-hybridized carbons (Fsp3) is 0. The summed E-state index contributed by atoms with van der Waals surface area (Å²) in [6.45, 7) is 0. The van der Waals surface area contributed by atoms with Crippen LogP contribution in [0.2, 0.25) is 0 Å². The Morgan fingerprint density at radius 1 is 0.571 bits per heavy atom. The van der Waals surface area contributed by atoms with Crippen molar-refractivity contribution in [2.75, 3.05) is 0 Å². The van der Waals surface area contributed by atoms with Gasteiger partial charge in [-0.15, -0.1) is 0 Å². The zero-order valence-electron chi connectivity index (χ0n) is 10.6. The van der Waals surface area contributed by atoms with E-state index in [1.165, 1.54) is 9.79 Å². The minimum absolute atomic E-state index is 0.119. The highest BCUT2D eigenvalue weighted by Gasteiger charge is 2.14. The summed E-state index contributed by atoms with van der Waals surface area (Å²) in [5.74, 6) is 0. The number of hydrogen-bond acceptors (Lipinski definition) is 5. The maximum absolute atomic E-state index is 2.36. The minimum Gasteiger partial charge on any atom is -0.0707 e. The fourth-order valence-electron chi connectivity index (χ4n) is 1.63. The first-order chi connectivity index (χ1) is 10.4. The lowest BCUT2D eigenvalue weighted by molar-refractivity contribution is 1.48. The first kappa shape index (κ1) is 15.5. The van der Waals surface area contributed by atoms with E-state index in [9.17, 15) is 0 Å². The van der Waals surface area contributed by atoms with Crippen molar-refractivity contribution in [1.82, 2.24) is 0 Å². The van der Waals surface area contributed by atoms with Crippen molar-refractivity contribution in [3.05, 3.63) is 60.7 Å². The third-order valence-electron chi connectivity index (χ3n) is 2.54. The van der Waals surface area contributed by atoms with Crippen molar-refractivity contribution in [1.29, 1.82) is 0 Å². The van der Waals surface area contributed by atoms with Gasteiger partial charge in [0.1, 0.15) is 0 Å². The van der Waals surface area contributed by atoms with Gasteiger partial charge in [-0.2, -0.15) is 0 Å². The number of fused-ring (bicyclic) bond motifs is 2. The third-order valence-corrected chi connectivity index (χ3v) is 63.7. The quantitative estimate of drug-likeness (QED) is 0.311. The Kier molecular flexibility index (Phi) is 5.37.